The van der Waals surface area contributed by atoms with Crippen molar-refractivity contribution in [3.05, 3.63) is 46.5 Å². The van der Waals surface area contributed by atoms with Gasteiger partial charge in [-0.25, -0.2) is 24.1 Å². The van der Waals surface area contributed by atoms with Gasteiger partial charge in [-0.3, -0.25) is 4.79 Å². The standard InChI is InChI=1S/C17H13FN4O4/c1-26-15-12(16-20-6-19-7-21-16)11(18)4-9-13(15)22(8-2-3-8)5-10(14(9)23)17(24)25/h4-8H,2-3H2,1H3,(H,24,25). The van der Waals surface area contributed by atoms with Crippen molar-refractivity contribution in [2.24, 2.45) is 0 Å². The molecule has 132 valence electrons. The number of aromatic nitrogens is 4. The number of rotatable bonds is 4. The van der Waals surface area contributed by atoms with E-state index in [-0.39, 0.29) is 28.6 Å². The molecule has 1 aromatic carbocycles. The van der Waals surface area contributed by atoms with Crippen LogP contribution in [0, 0.1) is 5.82 Å². The van der Waals surface area contributed by atoms with Crippen LogP contribution in [0.5, 0.6) is 5.75 Å². The summed E-state index contributed by atoms with van der Waals surface area (Å²) in [7, 11) is 1.35. The smallest absolute Gasteiger partial charge is 0.341 e. The van der Waals surface area contributed by atoms with Gasteiger partial charge in [0.25, 0.3) is 0 Å². The second-order valence-corrected chi connectivity index (χ2v) is 5.94. The molecular formula is C17H13FN4O4. The van der Waals surface area contributed by atoms with Crippen molar-refractivity contribution in [3.63, 3.8) is 0 Å². The van der Waals surface area contributed by atoms with Crippen LogP contribution in [-0.4, -0.2) is 37.7 Å². The molecule has 2 heterocycles. The largest absolute Gasteiger partial charge is 0.494 e. The Balaban J connectivity index is 2.17. The molecule has 0 unspecified atom stereocenters. The zero-order valence-electron chi connectivity index (χ0n) is 13.6. The Kier molecular flexibility index (Phi) is 3.64. The number of benzene rings is 1. The van der Waals surface area contributed by atoms with Gasteiger partial charge in [-0.15, -0.1) is 0 Å². The second kappa shape index (κ2) is 5.87. The molecule has 0 saturated heterocycles. The number of pyridine rings is 1. The Morgan fingerprint density at radius 1 is 1.35 bits per heavy atom. The minimum Gasteiger partial charge on any atom is -0.494 e. The summed E-state index contributed by atoms with van der Waals surface area (Å²) in [6, 6.07) is 1.05. The molecule has 4 rings (SSSR count). The molecule has 1 saturated carbocycles. The lowest BCUT2D eigenvalue weighted by Crippen LogP contribution is -2.19. The monoisotopic (exact) mass is 356 g/mol. The molecule has 26 heavy (non-hydrogen) atoms. The number of carboxylic acid groups (broad SMARTS) is 1. The minimum absolute atomic E-state index is 0.000671. The van der Waals surface area contributed by atoms with Crippen molar-refractivity contribution in [1.29, 1.82) is 0 Å². The lowest BCUT2D eigenvalue weighted by atomic mass is 10.0. The first-order valence-electron chi connectivity index (χ1n) is 7.84. The van der Waals surface area contributed by atoms with Gasteiger partial charge in [-0.2, -0.15) is 0 Å². The first kappa shape index (κ1) is 16.1. The van der Waals surface area contributed by atoms with E-state index in [4.69, 9.17) is 4.74 Å². The first-order chi connectivity index (χ1) is 12.5. The van der Waals surface area contributed by atoms with E-state index < -0.39 is 22.8 Å². The van der Waals surface area contributed by atoms with Gasteiger partial charge in [0.15, 0.2) is 11.6 Å². The number of ether oxygens (including phenoxy) is 1. The van der Waals surface area contributed by atoms with Crippen LogP contribution >= 0.6 is 0 Å². The number of halogens is 1. The molecule has 0 atom stereocenters. The normalized spacial score (nSPS) is 13.8. The Labute approximate surface area is 145 Å². The summed E-state index contributed by atoms with van der Waals surface area (Å²) in [5.41, 5.74) is -0.830. The fraction of sp³-hybridized carbons (Fsp3) is 0.235. The fourth-order valence-corrected chi connectivity index (χ4v) is 3.02. The van der Waals surface area contributed by atoms with E-state index in [0.717, 1.165) is 18.9 Å². The summed E-state index contributed by atoms with van der Waals surface area (Å²) < 4.78 is 21.9. The SMILES string of the molecule is COc1c(-c2ncncn2)c(F)cc2c(=O)c(C(=O)O)cn(C3CC3)c12. The van der Waals surface area contributed by atoms with E-state index in [1.165, 1.54) is 26.0 Å². The van der Waals surface area contributed by atoms with Gasteiger partial charge in [-0.1, -0.05) is 0 Å². The van der Waals surface area contributed by atoms with E-state index in [0.29, 0.717) is 5.52 Å². The molecule has 3 aromatic rings. The summed E-state index contributed by atoms with van der Waals surface area (Å²) in [4.78, 5) is 35.6. The zero-order valence-corrected chi connectivity index (χ0v) is 13.6. The molecular weight excluding hydrogens is 343 g/mol. The van der Waals surface area contributed by atoms with Crippen LogP contribution in [0.2, 0.25) is 0 Å². The number of fused-ring (bicyclic) bond motifs is 1. The van der Waals surface area contributed by atoms with Crippen molar-refractivity contribution < 1.29 is 19.0 Å². The molecule has 0 amide bonds. The highest BCUT2D eigenvalue weighted by Gasteiger charge is 2.30. The molecule has 9 heteroatoms. The van der Waals surface area contributed by atoms with Crippen molar-refractivity contribution in [2.75, 3.05) is 7.11 Å². The van der Waals surface area contributed by atoms with E-state index >= 15 is 0 Å². The second-order valence-electron chi connectivity index (χ2n) is 5.94. The summed E-state index contributed by atoms with van der Waals surface area (Å²) in [6.45, 7) is 0. The number of nitrogens with zero attached hydrogens (tertiary/aromatic N) is 4. The average Bonchev–Trinajstić information content (AvgIpc) is 3.47. The average molecular weight is 356 g/mol. The molecule has 1 aliphatic rings. The van der Waals surface area contributed by atoms with Crippen LogP contribution in [0.3, 0.4) is 0 Å². The molecule has 1 fully saturated rings. The maximum Gasteiger partial charge on any atom is 0.341 e. The van der Waals surface area contributed by atoms with E-state index in [2.05, 4.69) is 15.0 Å². The Bertz CT molecular complexity index is 1090. The van der Waals surface area contributed by atoms with Gasteiger partial charge in [0, 0.05) is 12.2 Å². The van der Waals surface area contributed by atoms with E-state index in [1.54, 1.807) is 4.57 Å². The molecule has 8 nitrogen and oxygen atoms in total. The Hall–Kier alpha value is -3.36. The summed E-state index contributed by atoms with van der Waals surface area (Å²) in [5, 5.41) is 9.26. The molecule has 0 spiro atoms. The van der Waals surface area contributed by atoms with Crippen molar-refractivity contribution in [2.45, 2.75) is 18.9 Å². The van der Waals surface area contributed by atoms with Gasteiger partial charge >= 0.3 is 5.97 Å². The van der Waals surface area contributed by atoms with Gasteiger partial charge in [0.2, 0.25) is 5.43 Å². The van der Waals surface area contributed by atoms with Crippen LogP contribution in [0.1, 0.15) is 29.2 Å². The third-order valence-electron chi connectivity index (χ3n) is 4.31. The third kappa shape index (κ3) is 2.40. The summed E-state index contributed by atoms with van der Waals surface area (Å²) >= 11 is 0. The zero-order chi connectivity index (χ0) is 18.4. The Morgan fingerprint density at radius 3 is 2.62 bits per heavy atom. The third-order valence-corrected chi connectivity index (χ3v) is 4.31. The fourth-order valence-electron chi connectivity index (χ4n) is 3.02. The highest BCUT2D eigenvalue weighted by molar-refractivity contribution is 5.97. The van der Waals surface area contributed by atoms with Gasteiger partial charge in [-0.05, 0) is 18.9 Å². The van der Waals surface area contributed by atoms with Crippen LogP contribution in [0.15, 0.2) is 29.7 Å². The van der Waals surface area contributed by atoms with Crippen molar-refractivity contribution in [1.82, 2.24) is 19.5 Å². The van der Waals surface area contributed by atoms with E-state index in [9.17, 15) is 19.1 Å². The maximum absolute atomic E-state index is 14.8. The summed E-state index contributed by atoms with van der Waals surface area (Å²) in [5.74, 6) is -1.98. The van der Waals surface area contributed by atoms with Crippen LogP contribution in [-0.2, 0) is 0 Å². The lowest BCUT2D eigenvalue weighted by molar-refractivity contribution is 0.0695. The maximum atomic E-state index is 14.8. The molecule has 2 aromatic heterocycles. The molecule has 1 N–H and O–H groups in total. The van der Waals surface area contributed by atoms with Crippen LogP contribution in [0.4, 0.5) is 4.39 Å². The first-order valence-corrected chi connectivity index (χ1v) is 7.84. The highest BCUT2D eigenvalue weighted by atomic mass is 19.1. The number of hydrogen-bond donors (Lipinski definition) is 1. The number of hydrogen-bond acceptors (Lipinski definition) is 6. The predicted octanol–water partition coefficient (Wildman–Crippen LogP) is 2.03. The number of carboxylic acids is 1. The molecule has 0 aliphatic heterocycles. The lowest BCUT2D eigenvalue weighted by Gasteiger charge is -2.17. The van der Waals surface area contributed by atoms with Crippen LogP contribution in [0.25, 0.3) is 22.3 Å². The van der Waals surface area contributed by atoms with Crippen LogP contribution < -0.4 is 10.2 Å². The highest BCUT2D eigenvalue weighted by Crippen LogP contribution is 2.42. The number of methoxy groups -OCH3 is 1. The van der Waals surface area contributed by atoms with Gasteiger partial charge in [0.1, 0.15) is 24.0 Å². The molecule has 1 aliphatic carbocycles. The molecule has 0 bridgehead atoms. The van der Waals surface area contributed by atoms with Gasteiger partial charge in [0.05, 0.1) is 23.6 Å². The number of aromatic carboxylic acids is 1. The minimum atomic E-state index is -1.35. The topological polar surface area (TPSA) is 107 Å². The number of carbonyl (C=O) groups is 1. The quantitative estimate of drug-likeness (QED) is 0.762. The van der Waals surface area contributed by atoms with Crippen molar-refractivity contribution >= 4 is 16.9 Å². The van der Waals surface area contributed by atoms with Gasteiger partial charge < -0.3 is 14.4 Å². The Morgan fingerprint density at radius 2 is 2.04 bits per heavy atom. The summed E-state index contributed by atoms with van der Waals surface area (Å²) in [6.07, 6.45) is 5.42. The predicted molar refractivity (Wildman–Crippen MR) is 88.8 cm³/mol. The molecule has 0 radical (unpaired) electrons. The van der Waals surface area contributed by atoms with Crippen molar-refractivity contribution in [3.8, 4) is 17.1 Å². The van der Waals surface area contributed by atoms with E-state index in [1.807, 2.05) is 0 Å².